The number of benzene rings is 2. The molecule has 0 bridgehead atoms. The van der Waals surface area contributed by atoms with Gasteiger partial charge in [0, 0.05) is 11.8 Å². The third-order valence-corrected chi connectivity index (χ3v) is 3.28. The molecule has 0 radical (unpaired) electrons. The van der Waals surface area contributed by atoms with Crippen molar-refractivity contribution in [1.29, 1.82) is 0 Å². The van der Waals surface area contributed by atoms with Crippen LogP contribution in [0.1, 0.15) is 19.4 Å². The molecule has 2 rings (SSSR count). The molecule has 2 aromatic rings. The monoisotopic (exact) mass is 368 g/mol. The summed E-state index contributed by atoms with van der Waals surface area (Å²) in [6, 6.07) is 8.70. The molecule has 0 aromatic heterocycles. The van der Waals surface area contributed by atoms with E-state index in [0.29, 0.717) is 30.4 Å². The lowest BCUT2D eigenvalue weighted by molar-refractivity contribution is -0.136. The van der Waals surface area contributed by atoms with Gasteiger partial charge in [0.15, 0.2) is 11.5 Å². The van der Waals surface area contributed by atoms with Crippen LogP contribution in [0.25, 0.3) is 0 Å². The van der Waals surface area contributed by atoms with E-state index in [0.717, 1.165) is 6.07 Å². The average molecular weight is 368 g/mol. The van der Waals surface area contributed by atoms with E-state index in [9.17, 15) is 18.0 Å². The van der Waals surface area contributed by atoms with Crippen LogP contribution in [0.4, 0.5) is 29.3 Å². The molecule has 5 nitrogen and oxygen atoms in total. The lowest BCUT2D eigenvalue weighted by atomic mass is 10.1. The van der Waals surface area contributed by atoms with Crippen LogP contribution >= 0.6 is 0 Å². The van der Waals surface area contributed by atoms with Gasteiger partial charge in [-0.1, -0.05) is 12.1 Å². The molecule has 26 heavy (non-hydrogen) atoms. The van der Waals surface area contributed by atoms with Gasteiger partial charge in [0.05, 0.1) is 24.5 Å². The maximum atomic E-state index is 13.0. The van der Waals surface area contributed by atoms with Crippen LogP contribution in [0.2, 0.25) is 0 Å². The highest BCUT2D eigenvalue weighted by molar-refractivity contribution is 6.00. The van der Waals surface area contributed by atoms with Crippen LogP contribution in [-0.4, -0.2) is 19.2 Å². The number of amides is 2. The molecule has 0 aliphatic carbocycles. The lowest BCUT2D eigenvalue weighted by Crippen LogP contribution is -2.21. The SMILES string of the molecule is CCOc1ccc(NC(=O)Nc2ccccc2C(F)(F)F)cc1OCC. The second kappa shape index (κ2) is 8.46. The van der Waals surface area contributed by atoms with Gasteiger partial charge in [0.1, 0.15) is 0 Å². The maximum absolute atomic E-state index is 13.0. The molecule has 2 aromatic carbocycles. The quantitative estimate of drug-likeness (QED) is 0.742. The Labute approximate surface area is 149 Å². The topological polar surface area (TPSA) is 59.6 Å². The number of halogens is 3. The molecular weight excluding hydrogens is 349 g/mol. The fraction of sp³-hybridized carbons (Fsp3) is 0.278. The van der Waals surface area contributed by atoms with Gasteiger partial charge in [-0.3, -0.25) is 0 Å². The van der Waals surface area contributed by atoms with Crippen molar-refractivity contribution in [2.75, 3.05) is 23.8 Å². The molecule has 0 heterocycles. The first-order valence-electron chi connectivity index (χ1n) is 7.99. The molecular formula is C18H19F3N2O3. The number of nitrogens with one attached hydrogen (secondary N) is 2. The van der Waals surface area contributed by atoms with Crippen LogP contribution in [0.5, 0.6) is 11.5 Å². The van der Waals surface area contributed by atoms with Crippen LogP contribution in [0.3, 0.4) is 0 Å². The Morgan fingerprint density at radius 2 is 1.62 bits per heavy atom. The highest BCUT2D eigenvalue weighted by Crippen LogP contribution is 2.35. The van der Waals surface area contributed by atoms with Crippen LogP contribution < -0.4 is 20.1 Å². The number of urea groups is 1. The van der Waals surface area contributed by atoms with E-state index < -0.39 is 17.8 Å². The summed E-state index contributed by atoms with van der Waals surface area (Å²) in [6.07, 6.45) is -4.56. The van der Waals surface area contributed by atoms with Crippen molar-refractivity contribution in [1.82, 2.24) is 0 Å². The molecule has 0 fully saturated rings. The molecule has 140 valence electrons. The highest BCUT2D eigenvalue weighted by atomic mass is 19.4. The van der Waals surface area contributed by atoms with Crippen molar-refractivity contribution in [3.8, 4) is 11.5 Å². The largest absolute Gasteiger partial charge is 0.490 e. The molecule has 0 aliphatic rings. The van der Waals surface area contributed by atoms with Gasteiger partial charge in [-0.05, 0) is 38.1 Å². The van der Waals surface area contributed by atoms with Crippen molar-refractivity contribution >= 4 is 17.4 Å². The van der Waals surface area contributed by atoms with E-state index in [1.54, 1.807) is 25.1 Å². The molecule has 0 aliphatic heterocycles. The molecule has 2 N–H and O–H groups in total. The number of hydrogen-bond donors (Lipinski definition) is 2. The summed E-state index contributed by atoms with van der Waals surface area (Å²) in [4.78, 5) is 12.1. The van der Waals surface area contributed by atoms with Crippen molar-refractivity contribution in [2.45, 2.75) is 20.0 Å². The zero-order chi connectivity index (χ0) is 19.2. The predicted octanol–water partition coefficient (Wildman–Crippen LogP) is 5.15. The fourth-order valence-electron chi connectivity index (χ4n) is 2.25. The minimum absolute atomic E-state index is 0.325. The predicted molar refractivity (Wildman–Crippen MR) is 92.9 cm³/mol. The number of rotatable bonds is 6. The van der Waals surface area contributed by atoms with Crippen molar-refractivity contribution in [2.24, 2.45) is 0 Å². The number of carbonyl (C=O) groups excluding carboxylic acids is 1. The first kappa shape index (κ1) is 19.4. The Bertz CT molecular complexity index is 764. The van der Waals surface area contributed by atoms with Gasteiger partial charge in [-0.2, -0.15) is 13.2 Å². The van der Waals surface area contributed by atoms with E-state index in [2.05, 4.69) is 10.6 Å². The normalized spacial score (nSPS) is 11.0. The van der Waals surface area contributed by atoms with Crippen LogP contribution in [-0.2, 0) is 6.18 Å². The summed E-state index contributed by atoms with van der Waals surface area (Å²) in [6.45, 7) is 4.47. The van der Waals surface area contributed by atoms with E-state index >= 15 is 0 Å². The van der Waals surface area contributed by atoms with Gasteiger partial charge in [-0.15, -0.1) is 0 Å². The Morgan fingerprint density at radius 1 is 0.962 bits per heavy atom. The standard InChI is InChI=1S/C18H19F3N2O3/c1-3-25-15-10-9-12(11-16(15)26-4-2)22-17(24)23-14-8-6-5-7-13(14)18(19,20)21/h5-11H,3-4H2,1-2H3,(H2,22,23,24). The van der Waals surface area contributed by atoms with Gasteiger partial charge in [0.2, 0.25) is 0 Å². The number of alkyl halides is 3. The summed E-state index contributed by atoms with van der Waals surface area (Å²) in [5.74, 6) is 0.950. The van der Waals surface area contributed by atoms with Gasteiger partial charge < -0.3 is 20.1 Å². The molecule has 0 unspecified atom stereocenters. The molecule has 2 amide bonds. The van der Waals surface area contributed by atoms with Gasteiger partial charge in [0.25, 0.3) is 0 Å². The average Bonchev–Trinajstić information content (AvgIpc) is 2.57. The van der Waals surface area contributed by atoms with E-state index in [1.807, 2.05) is 6.92 Å². The highest BCUT2D eigenvalue weighted by Gasteiger charge is 2.33. The third kappa shape index (κ3) is 5.05. The van der Waals surface area contributed by atoms with Gasteiger partial charge in [-0.25, -0.2) is 4.79 Å². The summed E-state index contributed by atoms with van der Waals surface area (Å²) < 4.78 is 49.8. The van der Waals surface area contributed by atoms with Crippen LogP contribution in [0, 0.1) is 0 Å². The summed E-state index contributed by atoms with van der Waals surface area (Å²) >= 11 is 0. The van der Waals surface area contributed by atoms with E-state index in [4.69, 9.17) is 9.47 Å². The van der Waals surface area contributed by atoms with Crippen molar-refractivity contribution < 1.29 is 27.4 Å². The minimum Gasteiger partial charge on any atom is -0.490 e. The Hall–Kier alpha value is -2.90. The second-order valence-corrected chi connectivity index (χ2v) is 5.15. The number of carbonyl (C=O) groups is 1. The third-order valence-electron chi connectivity index (χ3n) is 3.28. The summed E-state index contributed by atoms with van der Waals surface area (Å²) in [5, 5.41) is 4.70. The zero-order valence-corrected chi connectivity index (χ0v) is 14.3. The Morgan fingerprint density at radius 3 is 2.27 bits per heavy atom. The first-order chi connectivity index (χ1) is 12.3. The number of hydrogen-bond acceptors (Lipinski definition) is 3. The number of ether oxygens (including phenoxy) is 2. The molecule has 8 heteroatoms. The smallest absolute Gasteiger partial charge is 0.418 e. The fourth-order valence-corrected chi connectivity index (χ4v) is 2.25. The Kier molecular flexibility index (Phi) is 6.32. The Balaban J connectivity index is 2.15. The van der Waals surface area contributed by atoms with E-state index in [-0.39, 0.29) is 5.69 Å². The van der Waals surface area contributed by atoms with Crippen LogP contribution in [0.15, 0.2) is 42.5 Å². The lowest BCUT2D eigenvalue weighted by Gasteiger charge is -2.15. The van der Waals surface area contributed by atoms with Crippen molar-refractivity contribution in [3.05, 3.63) is 48.0 Å². The summed E-state index contributed by atoms with van der Waals surface area (Å²) in [5.41, 5.74) is -0.885. The number of anilines is 2. The second-order valence-electron chi connectivity index (χ2n) is 5.15. The zero-order valence-electron chi connectivity index (χ0n) is 14.3. The maximum Gasteiger partial charge on any atom is 0.418 e. The van der Waals surface area contributed by atoms with E-state index in [1.165, 1.54) is 18.2 Å². The molecule has 0 saturated heterocycles. The van der Waals surface area contributed by atoms with Gasteiger partial charge >= 0.3 is 12.2 Å². The molecule has 0 spiro atoms. The first-order valence-corrected chi connectivity index (χ1v) is 7.99. The number of para-hydroxylation sites is 1. The molecule has 0 saturated carbocycles. The van der Waals surface area contributed by atoms with Crippen molar-refractivity contribution in [3.63, 3.8) is 0 Å². The summed E-state index contributed by atoms with van der Waals surface area (Å²) in [7, 11) is 0. The molecule has 0 atom stereocenters. The minimum atomic E-state index is -4.56.